The first kappa shape index (κ1) is 31.6. The number of aryl methyl sites for hydroxylation is 1. The Morgan fingerprint density at radius 2 is 1.65 bits per heavy atom. The fraction of sp³-hybridized carbons (Fsp3) is 0.581. The van der Waals surface area contributed by atoms with Crippen molar-refractivity contribution in [2.45, 2.75) is 82.0 Å². The Hall–Kier alpha value is -2.86. The number of nitrogens with zero attached hydrogens (tertiary/aromatic N) is 3. The smallest absolute Gasteiger partial charge is 0.378 e. The van der Waals surface area contributed by atoms with Crippen LogP contribution in [0.3, 0.4) is 0 Å². The van der Waals surface area contributed by atoms with Crippen LogP contribution in [0.4, 0.5) is 35.5 Å². The molecule has 5 nitrogen and oxygen atoms in total. The van der Waals surface area contributed by atoms with Crippen LogP contribution in [-0.2, 0) is 17.1 Å². The highest BCUT2D eigenvalue weighted by Crippen LogP contribution is 2.52. The number of urea groups is 1. The van der Waals surface area contributed by atoms with E-state index < -0.39 is 47.4 Å². The van der Waals surface area contributed by atoms with Crippen molar-refractivity contribution in [1.29, 1.82) is 0 Å². The van der Waals surface area contributed by atoms with Crippen LogP contribution in [0.15, 0.2) is 36.4 Å². The van der Waals surface area contributed by atoms with Gasteiger partial charge >= 0.3 is 18.4 Å². The molecule has 3 saturated heterocycles. The molecule has 0 aliphatic carbocycles. The number of hydrogen-bond acceptors (Lipinski definition) is 3. The van der Waals surface area contributed by atoms with Crippen LogP contribution in [0, 0.1) is 12.7 Å². The summed E-state index contributed by atoms with van der Waals surface area (Å²) < 4.78 is 101. The van der Waals surface area contributed by atoms with Gasteiger partial charge in [0.15, 0.2) is 0 Å². The molecule has 236 valence electrons. The molecule has 3 aliphatic heterocycles. The number of amides is 2. The number of likely N-dealkylation sites (tertiary alicyclic amines) is 1. The number of benzene rings is 2. The molecular weight excluding hydrogens is 579 g/mol. The van der Waals surface area contributed by atoms with Crippen molar-refractivity contribution in [2.24, 2.45) is 0 Å². The summed E-state index contributed by atoms with van der Waals surface area (Å²) in [7, 11) is 1.38. The minimum atomic E-state index is -5.00. The van der Waals surface area contributed by atoms with Crippen molar-refractivity contribution in [2.75, 3.05) is 33.4 Å². The quantitative estimate of drug-likeness (QED) is 0.332. The minimum absolute atomic E-state index is 0.0798. The van der Waals surface area contributed by atoms with Crippen LogP contribution in [0.25, 0.3) is 0 Å². The lowest BCUT2D eigenvalue weighted by Gasteiger charge is -2.54. The Balaban J connectivity index is 1.49. The van der Waals surface area contributed by atoms with E-state index in [-0.39, 0.29) is 22.7 Å². The summed E-state index contributed by atoms with van der Waals surface area (Å²) in [5, 5.41) is 0. The fourth-order valence-corrected chi connectivity index (χ4v) is 7.31. The van der Waals surface area contributed by atoms with Crippen LogP contribution in [0.2, 0.25) is 0 Å². The largest absolute Gasteiger partial charge is 0.416 e. The van der Waals surface area contributed by atoms with Gasteiger partial charge in [0.1, 0.15) is 5.82 Å². The van der Waals surface area contributed by atoms with E-state index in [0.29, 0.717) is 50.3 Å². The average Bonchev–Trinajstić information content (AvgIpc) is 3.22. The average molecular weight is 616 g/mol. The van der Waals surface area contributed by atoms with E-state index >= 15 is 0 Å². The second-order valence-corrected chi connectivity index (χ2v) is 12.5. The lowest BCUT2D eigenvalue weighted by Crippen LogP contribution is -2.62. The molecular formula is C31H36F7N3O2. The third-order valence-corrected chi connectivity index (χ3v) is 9.80. The van der Waals surface area contributed by atoms with Crippen LogP contribution < -0.4 is 0 Å². The fourth-order valence-electron chi connectivity index (χ4n) is 7.31. The Labute approximate surface area is 246 Å². The second-order valence-electron chi connectivity index (χ2n) is 12.5. The molecule has 2 aromatic carbocycles. The number of piperidine rings is 1. The van der Waals surface area contributed by atoms with Gasteiger partial charge in [0, 0.05) is 31.2 Å². The van der Waals surface area contributed by atoms with Crippen LogP contribution in [0.5, 0.6) is 0 Å². The Morgan fingerprint density at radius 3 is 2.26 bits per heavy atom. The zero-order valence-corrected chi connectivity index (χ0v) is 24.6. The maximum absolute atomic E-state index is 14.1. The molecule has 0 N–H and O–H groups in total. The Bertz CT molecular complexity index is 1350. The van der Waals surface area contributed by atoms with E-state index in [4.69, 9.17) is 4.74 Å². The molecule has 2 aromatic rings. The maximum Gasteiger partial charge on any atom is 0.416 e. The zero-order chi connectivity index (χ0) is 31.5. The van der Waals surface area contributed by atoms with Crippen molar-refractivity contribution in [3.8, 4) is 0 Å². The van der Waals surface area contributed by atoms with Gasteiger partial charge in [0.25, 0.3) is 0 Å². The summed E-state index contributed by atoms with van der Waals surface area (Å²) in [6.45, 7) is 7.62. The predicted octanol–water partition coefficient (Wildman–Crippen LogP) is 7.75. The third kappa shape index (κ3) is 5.84. The van der Waals surface area contributed by atoms with Crippen LogP contribution >= 0.6 is 0 Å². The summed E-state index contributed by atoms with van der Waals surface area (Å²) in [5.41, 5.74) is -2.09. The first-order valence-corrected chi connectivity index (χ1v) is 14.4. The van der Waals surface area contributed by atoms with Gasteiger partial charge in [-0.2, -0.15) is 26.3 Å². The summed E-state index contributed by atoms with van der Waals surface area (Å²) in [4.78, 5) is 19.4. The van der Waals surface area contributed by atoms with Crippen molar-refractivity contribution in [3.05, 3.63) is 70.0 Å². The summed E-state index contributed by atoms with van der Waals surface area (Å²) in [6, 6.07) is 3.70. The van der Waals surface area contributed by atoms with Gasteiger partial charge in [-0.15, -0.1) is 0 Å². The van der Waals surface area contributed by atoms with Crippen molar-refractivity contribution in [3.63, 3.8) is 0 Å². The first-order chi connectivity index (χ1) is 19.9. The Morgan fingerprint density at radius 1 is 1.00 bits per heavy atom. The molecule has 4 atom stereocenters. The molecule has 0 aromatic heterocycles. The van der Waals surface area contributed by atoms with E-state index in [1.165, 1.54) is 31.0 Å². The number of hydrogen-bond donors (Lipinski definition) is 0. The molecule has 5 rings (SSSR count). The van der Waals surface area contributed by atoms with E-state index in [2.05, 4.69) is 11.8 Å². The van der Waals surface area contributed by atoms with Gasteiger partial charge in [-0.3, -0.25) is 4.90 Å². The van der Waals surface area contributed by atoms with Gasteiger partial charge in [0.05, 0.1) is 36.4 Å². The van der Waals surface area contributed by atoms with Gasteiger partial charge in [-0.1, -0.05) is 6.07 Å². The van der Waals surface area contributed by atoms with E-state index in [0.717, 1.165) is 24.9 Å². The second kappa shape index (κ2) is 10.9. The molecule has 1 spiro atoms. The van der Waals surface area contributed by atoms with Crippen LogP contribution in [0.1, 0.15) is 79.4 Å². The third-order valence-electron chi connectivity index (χ3n) is 9.80. The monoisotopic (exact) mass is 615 g/mol. The lowest BCUT2D eigenvalue weighted by atomic mass is 9.78. The van der Waals surface area contributed by atoms with Gasteiger partial charge < -0.3 is 14.5 Å². The van der Waals surface area contributed by atoms with E-state index in [1.807, 2.05) is 0 Å². The molecule has 12 heteroatoms. The predicted molar refractivity (Wildman–Crippen MR) is 146 cm³/mol. The number of ether oxygens (including phenoxy) is 1. The van der Waals surface area contributed by atoms with E-state index in [1.54, 1.807) is 17.9 Å². The minimum Gasteiger partial charge on any atom is -0.378 e. The van der Waals surface area contributed by atoms with Crippen LogP contribution in [-0.4, -0.2) is 65.2 Å². The molecule has 3 heterocycles. The highest BCUT2D eigenvalue weighted by atomic mass is 19.4. The van der Waals surface area contributed by atoms with E-state index in [9.17, 15) is 35.5 Å². The molecule has 0 radical (unpaired) electrons. The molecule has 3 aliphatic rings. The van der Waals surface area contributed by atoms with Gasteiger partial charge in [-0.25, -0.2) is 9.18 Å². The van der Waals surface area contributed by atoms with Crippen molar-refractivity contribution in [1.82, 2.24) is 14.7 Å². The lowest BCUT2D eigenvalue weighted by molar-refractivity contribution is -0.143. The topological polar surface area (TPSA) is 36.0 Å². The standard InChI is InChI=1S/C31H36F7N3O2/c1-19-13-24(32)5-6-25(19)26-17-29(8-7-28(3)18-43-12-11-41(28)29)9-10-40(26)27(42)39(4)20(2)21-14-22(30(33,34)35)16-23(15-21)31(36,37)38/h5-6,13-16,20,26H,7-12,17-18H2,1-4H3/t20-,26-,28-,29+/m1/s1. The normalized spacial score (nSPS) is 27.3. The number of alkyl halides is 6. The summed E-state index contributed by atoms with van der Waals surface area (Å²) >= 11 is 0. The summed E-state index contributed by atoms with van der Waals surface area (Å²) in [6.07, 6.45) is -6.98. The maximum atomic E-state index is 14.1. The summed E-state index contributed by atoms with van der Waals surface area (Å²) in [5.74, 6) is -0.415. The molecule has 2 amide bonds. The highest BCUT2D eigenvalue weighted by Gasteiger charge is 2.56. The number of rotatable bonds is 3. The number of carbonyl (C=O) groups excluding carboxylic acids is 1. The van der Waals surface area contributed by atoms with Crippen molar-refractivity contribution < 1.29 is 40.3 Å². The highest BCUT2D eigenvalue weighted by molar-refractivity contribution is 5.75. The molecule has 43 heavy (non-hydrogen) atoms. The SMILES string of the molecule is Cc1cc(F)ccc1[C@H]1C[C@@]2(CCN1C(=O)N(C)[C@H](C)c1cc(C(F)(F)F)cc(C(F)(F)F)c1)CC[C@]1(C)COCCN12. The number of fused-ring (bicyclic) bond motifs is 2. The number of halogens is 7. The van der Waals surface area contributed by atoms with Crippen molar-refractivity contribution >= 4 is 6.03 Å². The Kier molecular flexibility index (Phi) is 8.03. The molecule has 0 saturated carbocycles. The van der Waals surface area contributed by atoms with Gasteiger partial charge in [-0.05, 0) is 93.5 Å². The molecule has 0 unspecified atom stereocenters. The molecule has 3 fully saturated rings. The molecule has 0 bridgehead atoms. The zero-order valence-electron chi connectivity index (χ0n) is 24.6. The number of morpholine rings is 1. The van der Waals surface area contributed by atoms with Gasteiger partial charge in [0.2, 0.25) is 0 Å². The first-order valence-electron chi connectivity index (χ1n) is 14.4. The number of carbonyl (C=O) groups is 1.